The molecule has 3 unspecified atom stereocenters. The van der Waals surface area contributed by atoms with Crippen molar-refractivity contribution in [1.82, 2.24) is 0 Å². The molecule has 3 atom stereocenters. The molecular weight excluding hydrogens is 601 g/mol. The summed E-state index contributed by atoms with van der Waals surface area (Å²) in [6.07, 6.45) is 0.465. The number of carboxylic acids is 4. The monoisotopic (exact) mass is 662 g/mol. The van der Waals surface area contributed by atoms with E-state index in [9.17, 15) is 29.4 Å². The summed E-state index contributed by atoms with van der Waals surface area (Å²) in [5.41, 5.74) is 0. The SMILES string of the molecule is C.C.C.C.C[Si](C)(C)O[Si](C)(C)O[Si](C)(CCCC(CC(=O)O)C(=O)O)O[Si](C)(C)CCCC(CC(=O)O)C(=O)O. The van der Waals surface area contributed by atoms with Crippen LogP contribution in [-0.2, 0) is 31.5 Å². The van der Waals surface area contributed by atoms with Crippen molar-refractivity contribution in [1.29, 1.82) is 0 Å². The normalized spacial score (nSPS) is 14.4. The Morgan fingerprint density at radius 2 is 0.951 bits per heavy atom. The Hall–Kier alpha value is -1.37. The molecule has 0 amide bonds. The van der Waals surface area contributed by atoms with E-state index in [1.54, 1.807) is 0 Å². The zero-order valence-electron chi connectivity index (χ0n) is 23.5. The maximum absolute atomic E-state index is 11.5. The molecule has 0 saturated heterocycles. The molecule has 0 heterocycles. The lowest BCUT2D eigenvalue weighted by molar-refractivity contribution is -0.148. The molecule has 0 saturated carbocycles. The van der Waals surface area contributed by atoms with Crippen LogP contribution in [0.25, 0.3) is 0 Å². The highest BCUT2D eigenvalue weighted by atomic mass is 28.5. The van der Waals surface area contributed by atoms with E-state index < -0.39 is 82.3 Å². The molecule has 0 aromatic rings. The van der Waals surface area contributed by atoms with Gasteiger partial charge in [0.25, 0.3) is 0 Å². The zero-order chi connectivity index (χ0) is 29.2. The molecule has 0 fully saturated rings. The molecule has 11 nitrogen and oxygen atoms in total. The third kappa shape index (κ3) is 23.8. The molecule has 0 aromatic carbocycles. The average molecular weight is 663 g/mol. The lowest BCUT2D eigenvalue weighted by Gasteiger charge is -2.42. The van der Waals surface area contributed by atoms with Crippen LogP contribution in [0.3, 0.4) is 0 Å². The predicted octanol–water partition coefficient (Wildman–Crippen LogP) is 7.31. The molecule has 248 valence electrons. The van der Waals surface area contributed by atoms with Crippen LogP contribution in [0, 0.1) is 11.8 Å². The molecular formula is C26H62O11Si4. The van der Waals surface area contributed by atoms with Crippen LogP contribution in [0.5, 0.6) is 0 Å². The zero-order valence-corrected chi connectivity index (χ0v) is 27.5. The van der Waals surface area contributed by atoms with Crippen LogP contribution in [0.4, 0.5) is 0 Å². The summed E-state index contributed by atoms with van der Waals surface area (Å²) in [5.74, 6) is -6.53. The van der Waals surface area contributed by atoms with Gasteiger partial charge in [0.2, 0.25) is 0 Å². The number of aliphatic carboxylic acids is 4. The average Bonchev–Trinajstić information content (AvgIpc) is 2.62. The quantitative estimate of drug-likeness (QED) is 0.0961. The molecule has 0 spiro atoms. The summed E-state index contributed by atoms with van der Waals surface area (Å²) >= 11 is 0. The highest BCUT2D eigenvalue weighted by molar-refractivity contribution is 6.89. The molecule has 0 aliphatic carbocycles. The Balaban J connectivity index is -0.00000108. The van der Waals surface area contributed by atoms with Crippen molar-refractivity contribution < 1.29 is 51.9 Å². The second-order valence-electron chi connectivity index (χ2n) is 11.8. The minimum Gasteiger partial charge on any atom is -0.481 e. The molecule has 15 heteroatoms. The second-order valence-corrected chi connectivity index (χ2v) is 28.0. The van der Waals surface area contributed by atoms with Gasteiger partial charge in [0.15, 0.2) is 16.6 Å². The van der Waals surface area contributed by atoms with E-state index >= 15 is 0 Å². The molecule has 0 aromatic heterocycles. The van der Waals surface area contributed by atoms with Gasteiger partial charge in [0.1, 0.15) is 0 Å². The topological polar surface area (TPSA) is 177 Å². The lowest BCUT2D eigenvalue weighted by Crippen LogP contribution is -2.57. The van der Waals surface area contributed by atoms with E-state index in [1.165, 1.54) is 0 Å². The molecule has 0 rings (SSSR count). The van der Waals surface area contributed by atoms with Crippen molar-refractivity contribution in [3.63, 3.8) is 0 Å². The van der Waals surface area contributed by atoms with Crippen LogP contribution in [-0.4, -0.2) is 78.1 Å². The smallest absolute Gasteiger partial charge is 0.315 e. The molecule has 0 radical (unpaired) electrons. The van der Waals surface area contributed by atoms with Crippen LogP contribution in [0.1, 0.15) is 68.2 Å². The van der Waals surface area contributed by atoms with E-state index in [4.69, 9.17) is 22.6 Å². The van der Waals surface area contributed by atoms with Crippen molar-refractivity contribution in [2.75, 3.05) is 0 Å². The van der Waals surface area contributed by atoms with Gasteiger partial charge < -0.3 is 32.8 Å². The summed E-state index contributed by atoms with van der Waals surface area (Å²) in [6.45, 7) is 16.1. The van der Waals surface area contributed by atoms with E-state index in [0.29, 0.717) is 24.9 Å². The fourth-order valence-electron chi connectivity index (χ4n) is 4.53. The largest absolute Gasteiger partial charge is 0.481 e. The highest BCUT2D eigenvalue weighted by Crippen LogP contribution is 2.31. The Bertz CT molecular complexity index is 801. The highest BCUT2D eigenvalue weighted by Gasteiger charge is 2.45. The fraction of sp³-hybridized carbons (Fsp3) is 0.846. The predicted molar refractivity (Wildman–Crippen MR) is 175 cm³/mol. The summed E-state index contributed by atoms with van der Waals surface area (Å²) in [6, 6.07) is 1.07. The minimum atomic E-state index is -2.92. The number of hydrogen-bond acceptors (Lipinski definition) is 7. The molecule has 41 heavy (non-hydrogen) atoms. The number of hydrogen-bond donors (Lipinski definition) is 4. The molecule has 0 bridgehead atoms. The first kappa shape index (κ1) is 49.3. The molecule has 0 aliphatic heterocycles. The molecule has 4 N–H and O–H groups in total. The standard InChI is InChI=1S/C22H46O11Si4.4CH4/c1-34(2,3)31-36(6,7)33-37(8,14-10-12-18(22(29)30)16-20(25)26)32-35(4,5)13-9-11-17(21(27)28)15-19(23)24;;;;/h17-18H,9-16H2,1-8H3,(H,23,24)(H,25,26)(H,27,28)(H,29,30);4*1H4. The van der Waals surface area contributed by atoms with E-state index in [1.807, 2.05) is 32.7 Å². The molecule has 0 aliphatic rings. The van der Waals surface area contributed by atoms with Crippen molar-refractivity contribution in [3.8, 4) is 0 Å². The van der Waals surface area contributed by atoms with Crippen molar-refractivity contribution in [3.05, 3.63) is 0 Å². The maximum Gasteiger partial charge on any atom is 0.315 e. The van der Waals surface area contributed by atoms with Crippen molar-refractivity contribution in [2.45, 2.75) is 133 Å². The van der Waals surface area contributed by atoms with Crippen LogP contribution >= 0.6 is 0 Å². The van der Waals surface area contributed by atoms with E-state index in [0.717, 1.165) is 0 Å². The summed E-state index contributed by atoms with van der Waals surface area (Å²) in [7, 11) is -9.85. The maximum atomic E-state index is 11.5. The van der Waals surface area contributed by atoms with Gasteiger partial charge >= 0.3 is 41.0 Å². The van der Waals surface area contributed by atoms with Crippen LogP contribution in [0.15, 0.2) is 0 Å². The summed E-state index contributed by atoms with van der Waals surface area (Å²) in [4.78, 5) is 44.9. The van der Waals surface area contributed by atoms with Crippen LogP contribution in [0.2, 0.25) is 64.5 Å². The van der Waals surface area contributed by atoms with Gasteiger partial charge in [-0.3, -0.25) is 19.2 Å². The van der Waals surface area contributed by atoms with Gasteiger partial charge in [-0.1, -0.05) is 42.5 Å². The Morgan fingerprint density at radius 3 is 1.27 bits per heavy atom. The first-order valence-electron chi connectivity index (χ1n) is 12.6. The van der Waals surface area contributed by atoms with Crippen molar-refractivity contribution in [2.24, 2.45) is 11.8 Å². The number of rotatable bonds is 20. The third-order valence-electron chi connectivity index (χ3n) is 5.56. The Kier molecular flexibility index (Phi) is 24.7. The van der Waals surface area contributed by atoms with Gasteiger partial charge in [-0.05, 0) is 77.3 Å². The van der Waals surface area contributed by atoms with Crippen LogP contribution < -0.4 is 0 Å². The summed E-state index contributed by atoms with van der Waals surface area (Å²) in [5, 5.41) is 36.7. The number of carbonyl (C=O) groups is 4. The lowest BCUT2D eigenvalue weighted by atomic mass is 10.0. The van der Waals surface area contributed by atoms with Gasteiger partial charge in [-0.25, -0.2) is 0 Å². The van der Waals surface area contributed by atoms with Gasteiger partial charge in [0, 0.05) is 0 Å². The van der Waals surface area contributed by atoms with Gasteiger partial charge in [0.05, 0.1) is 24.7 Å². The Labute approximate surface area is 253 Å². The fourth-order valence-corrected chi connectivity index (χ4v) is 23.5. The Morgan fingerprint density at radius 1 is 0.585 bits per heavy atom. The van der Waals surface area contributed by atoms with E-state index in [-0.39, 0.29) is 42.5 Å². The first-order chi connectivity index (χ1) is 16.6. The number of carboxylic acid groups (broad SMARTS) is 4. The second kappa shape index (κ2) is 20.5. The van der Waals surface area contributed by atoms with Crippen molar-refractivity contribution >= 4 is 57.6 Å². The van der Waals surface area contributed by atoms with Gasteiger partial charge in [-0.15, -0.1) is 0 Å². The first-order valence-corrected chi connectivity index (χ1v) is 24.4. The van der Waals surface area contributed by atoms with Gasteiger partial charge in [-0.2, -0.15) is 0 Å². The minimum absolute atomic E-state index is 0. The van der Waals surface area contributed by atoms with E-state index in [2.05, 4.69) is 19.6 Å². The summed E-state index contributed by atoms with van der Waals surface area (Å²) < 4.78 is 19.7. The third-order valence-corrected chi connectivity index (χ3v) is 20.4.